The molecule has 140 valence electrons. The molecule has 3 rings (SSSR count). The number of carbonyl (C=O) groups is 1. The summed E-state index contributed by atoms with van der Waals surface area (Å²) in [6.45, 7) is 2.01. The van der Waals surface area contributed by atoms with Crippen LogP contribution in [0.2, 0.25) is 0 Å². The van der Waals surface area contributed by atoms with Gasteiger partial charge in [-0.3, -0.25) is 9.52 Å². The average molecular weight is 377 g/mol. The highest BCUT2D eigenvalue weighted by Gasteiger charge is 2.30. The molecule has 1 fully saturated rings. The second kappa shape index (κ2) is 7.46. The number of hydrogen-bond acceptors (Lipinski definition) is 5. The van der Waals surface area contributed by atoms with Gasteiger partial charge in [-0.25, -0.2) is 13.4 Å². The Morgan fingerprint density at radius 1 is 1.42 bits per heavy atom. The summed E-state index contributed by atoms with van der Waals surface area (Å²) in [7, 11) is -1.43. The van der Waals surface area contributed by atoms with Gasteiger partial charge in [0.05, 0.1) is 12.7 Å². The Kier molecular flexibility index (Phi) is 5.28. The van der Waals surface area contributed by atoms with E-state index in [-0.39, 0.29) is 18.4 Å². The number of anilines is 1. The van der Waals surface area contributed by atoms with Crippen molar-refractivity contribution in [2.45, 2.75) is 12.5 Å². The second-order valence-corrected chi connectivity index (χ2v) is 8.20. The van der Waals surface area contributed by atoms with Crippen LogP contribution < -0.4 is 10.0 Å². The summed E-state index contributed by atoms with van der Waals surface area (Å²) in [5.74, 6) is 0.842. The maximum atomic E-state index is 12.9. The van der Waals surface area contributed by atoms with Gasteiger partial charge >= 0.3 is 0 Å². The second-order valence-electron chi connectivity index (χ2n) is 6.45. The molecule has 8 nitrogen and oxygen atoms in total. The van der Waals surface area contributed by atoms with Crippen molar-refractivity contribution in [1.29, 1.82) is 0 Å². The summed E-state index contributed by atoms with van der Waals surface area (Å²) in [6, 6.07) is 6.80. The van der Waals surface area contributed by atoms with Crippen LogP contribution >= 0.6 is 0 Å². The smallest absolute Gasteiger partial charge is 0.229 e. The average Bonchev–Trinajstić information content (AvgIpc) is 2.99. The zero-order valence-electron chi connectivity index (χ0n) is 14.8. The third-order valence-corrected chi connectivity index (χ3v) is 4.91. The summed E-state index contributed by atoms with van der Waals surface area (Å²) in [5.41, 5.74) is 1.22. The number of sulfonamides is 1. The third-order valence-electron chi connectivity index (χ3n) is 4.31. The fourth-order valence-corrected chi connectivity index (χ4v) is 3.72. The van der Waals surface area contributed by atoms with Crippen molar-refractivity contribution >= 4 is 21.6 Å². The highest BCUT2D eigenvalue weighted by atomic mass is 32.2. The molecule has 1 aromatic carbocycles. The van der Waals surface area contributed by atoms with Crippen molar-refractivity contribution in [3.05, 3.63) is 48.0 Å². The van der Waals surface area contributed by atoms with E-state index in [1.807, 2.05) is 28.8 Å². The molecule has 0 aliphatic carbocycles. The molecular weight excluding hydrogens is 354 g/mol. The molecule has 2 heterocycles. The van der Waals surface area contributed by atoms with Gasteiger partial charge in [-0.2, -0.15) is 0 Å². The maximum Gasteiger partial charge on any atom is 0.229 e. The van der Waals surface area contributed by atoms with Gasteiger partial charge < -0.3 is 14.8 Å². The first-order valence-electron chi connectivity index (χ1n) is 8.37. The van der Waals surface area contributed by atoms with Crippen molar-refractivity contribution in [3.8, 4) is 0 Å². The van der Waals surface area contributed by atoms with E-state index in [1.165, 1.54) is 0 Å². The lowest BCUT2D eigenvalue weighted by atomic mass is 10.1. The number of aromatic nitrogens is 2. The van der Waals surface area contributed by atoms with Crippen LogP contribution in [-0.2, 0) is 28.3 Å². The predicted molar refractivity (Wildman–Crippen MR) is 99.1 cm³/mol. The van der Waals surface area contributed by atoms with Crippen molar-refractivity contribution in [2.24, 2.45) is 7.05 Å². The summed E-state index contributed by atoms with van der Waals surface area (Å²) in [5, 5.41) is 3.31. The van der Waals surface area contributed by atoms with E-state index in [4.69, 9.17) is 0 Å². The molecule has 0 radical (unpaired) electrons. The van der Waals surface area contributed by atoms with Crippen LogP contribution in [0.25, 0.3) is 0 Å². The minimum absolute atomic E-state index is 0.00370. The molecule has 9 heteroatoms. The lowest BCUT2D eigenvalue weighted by Gasteiger charge is -2.36. The van der Waals surface area contributed by atoms with E-state index >= 15 is 0 Å². The highest BCUT2D eigenvalue weighted by molar-refractivity contribution is 7.92. The zero-order chi connectivity index (χ0) is 18.7. The first kappa shape index (κ1) is 18.4. The van der Waals surface area contributed by atoms with Crippen LogP contribution in [0.15, 0.2) is 36.7 Å². The van der Waals surface area contributed by atoms with Gasteiger partial charge in [-0.1, -0.05) is 12.1 Å². The maximum absolute atomic E-state index is 12.9. The van der Waals surface area contributed by atoms with Crippen LogP contribution in [0.1, 0.15) is 17.4 Å². The van der Waals surface area contributed by atoms with E-state index in [1.54, 1.807) is 24.4 Å². The number of imidazole rings is 1. The van der Waals surface area contributed by atoms with Gasteiger partial charge in [0, 0.05) is 44.8 Å². The molecule has 2 N–H and O–H groups in total. The SMILES string of the molecule is Cn1ccnc1C1CNCCN1C(=O)Cc1cccc(NS(C)(=O)=O)c1. The normalized spacial score (nSPS) is 17.9. The van der Waals surface area contributed by atoms with Crippen LogP contribution in [0.4, 0.5) is 5.69 Å². The van der Waals surface area contributed by atoms with Gasteiger partial charge in [-0.15, -0.1) is 0 Å². The Morgan fingerprint density at radius 3 is 2.92 bits per heavy atom. The predicted octanol–water partition coefficient (Wildman–Crippen LogP) is 0.507. The van der Waals surface area contributed by atoms with Crippen molar-refractivity contribution < 1.29 is 13.2 Å². The van der Waals surface area contributed by atoms with Crippen LogP contribution in [0.5, 0.6) is 0 Å². The molecule has 0 saturated carbocycles. The quantitative estimate of drug-likeness (QED) is 0.791. The number of nitrogens with one attached hydrogen (secondary N) is 2. The molecule has 1 amide bonds. The molecule has 1 unspecified atom stereocenters. The van der Waals surface area contributed by atoms with Crippen molar-refractivity contribution in [2.75, 3.05) is 30.6 Å². The highest BCUT2D eigenvalue weighted by Crippen LogP contribution is 2.22. The topological polar surface area (TPSA) is 96.3 Å². The molecule has 1 atom stereocenters. The van der Waals surface area contributed by atoms with E-state index in [2.05, 4.69) is 15.0 Å². The van der Waals surface area contributed by atoms with Gasteiger partial charge in [0.25, 0.3) is 0 Å². The monoisotopic (exact) mass is 377 g/mol. The number of amides is 1. The van der Waals surface area contributed by atoms with E-state index < -0.39 is 10.0 Å². The number of rotatable bonds is 5. The number of aryl methyl sites for hydroxylation is 1. The minimum atomic E-state index is -3.35. The van der Waals surface area contributed by atoms with Gasteiger partial charge in [0.1, 0.15) is 11.9 Å². The summed E-state index contributed by atoms with van der Waals surface area (Å²) >= 11 is 0. The lowest BCUT2D eigenvalue weighted by molar-refractivity contribution is -0.134. The molecule has 1 aliphatic heterocycles. The van der Waals surface area contributed by atoms with Crippen LogP contribution in [-0.4, -0.2) is 54.7 Å². The number of piperazine rings is 1. The Labute approximate surface area is 153 Å². The molecule has 0 bridgehead atoms. The number of hydrogen-bond donors (Lipinski definition) is 2. The van der Waals surface area contributed by atoms with Crippen LogP contribution in [0.3, 0.4) is 0 Å². The molecule has 1 saturated heterocycles. The summed E-state index contributed by atoms with van der Waals surface area (Å²) in [6.07, 6.45) is 4.91. The fraction of sp³-hybridized carbons (Fsp3) is 0.412. The van der Waals surface area contributed by atoms with Gasteiger partial charge in [-0.05, 0) is 17.7 Å². The molecular formula is C17H23N5O3S. The molecule has 1 aromatic heterocycles. The van der Waals surface area contributed by atoms with Gasteiger partial charge in [0.15, 0.2) is 0 Å². The van der Waals surface area contributed by atoms with Crippen molar-refractivity contribution in [1.82, 2.24) is 19.8 Å². The Balaban J connectivity index is 1.76. The number of nitrogens with zero attached hydrogens (tertiary/aromatic N) is 3. The standard InChI is InChI=1S/C17H23N5O3S/c1-21-8-7-19-17(21)15-12-18-6-9-22(15)16(23)11-13-4-3-5-14(10-13)20-26(2,24)25/h3-5,7-8,10,15,18,20H,6,9,11-12H2,1-2H3. The number of benzene rings is 1. The molecule has 26 heavy (non-hydrogen) atoms. The Hall–Kier alpha value is -2.39. The third kappa shape index (κ3) is 4.41. The number of carbonyl (C=O) groups excluding carboxylic acids is 1. The van der Waals surface area contributed by atoms with E-state index in [9.17, 15) is 13.2 Å². The van der Waals surface area contributed by atoms with Crippen molar-refractivity contribution in [3.63, 3.8) is 0 Å². The Morgan fingerprint density at radius 2 is 2.23 bits per heavy atom. The largest absolute Gasteiger partial charge is 0.336 e. The fourth-order valence-electron chi connectivity index (χ4n) is 3.17. The molecule has 2 aromatic rings. The minimum Gasteiger partial charge on any atom is -0.336 e. The van der Waals surface area contributed by atoms with Gasteiger partial charge in [0.2, 0.25) is 15.9 Å². The lowest BCUT2D eigenvalue weighted by Crippen LogP contribution is -2.49. The molecule has 1 aliphatic rings. The van der Waals surface area contributed by atoms with E-state index in [0.29, 0.717) is 18.8 Å². The Bertz CT molecular complexity index is 893. The summed E-state index contributed by atoms with van der Waals surface area (Å²) < 4.78 is 27.1. The zero-order valence-corrected chi connectivity index (χ0v) is 15.7. The van der Waals surface area contributed by atoms with Crippen LogP contribution in [0, 0.1) is 0 Å². The first-order chi connectivity index (χ1) is 12.3. The molecule has 0 spiro atoms. The summed E-state index contributed by atoms with van der Waals surface area (Å²) in [4.78, 5) is 19.1. The van der Waals surface area contributed by atoms with E-state index in [0.717, 1.165) is 24.2 Å². The first-order valence-corrected chi connectivity index (χ1v) is 10.3.